The average molecular weight is 406 g/mol. The lowest BCUT2D eigenvalue weighted by Gasteiger charge is -2.13. The van der Waals surface area contributed by atoms with Crippen LogP contribution in [0.2, 0.25) is 0 Å². The Labute approximate surface area is 162 Å². The van der Waals surface area contributed by atoms with Crippen molar-refractivity contribution in [2.45, 2.75) is 18.7 Å². The van der Waals surface area contributed by atoms with Crippen molar-refractivity contribution in [2.24, 2.45) is 0 Å². The van der Waals surface area contributed by atoms with Crippen LogP contribution >= 0.6 is 0 Å². The van der Waals surface area contributed by atoms with Crippen LogP contribution in [0.4, 0.5) is 17.6 Å². The molecule has 2 aromatic carbocycles. The number of aromatic nitrogens is 3. The van der Waals surface area contributed by atoms with Gasteiger partial charge in [-0.05, 0) is 35.9 Å². The number of hydrogen-bond donors (Lipinski definition) is 1. The van der Waals surface area contributed by atoms with Gasteiger partial charge in [0.1, 0.15) is 17.7 Å². The maximum Gasteiger partial charge on any atom is 0.435 e. The van der Waals surface area contributed by atoms with E-state index in [1.54, 1.807) is 6.07 Å². The Bertz CT molecular complexity index is 1020. The summed E-state index contributed by atoms with van der Waals surface area (Å²) in [6.45, 7) is 0.00815. The highest BCUT2D eigenvalue weighted by molar-refractivity contribution is 5.93. The highest BCUT2D eigenvalue weighted by Gasteiger charge is 2.42. The molecule has 0 radical (unpaired) electrons. The molecule has 0 spiro atoms. The number of carbonyl (C=O) groups excluding carboxylic acids is 1. The molecular weight excluding hydrogens is 392 g/mol. The fourth-order valence-electron chi connectivity index (χ4n) is 3.11. The maximum absolute atomic E-state index is 13.6. The van der Waals surface area contributed by atoms with E-state index >= 15 is 0 Å². The van der Waals surface area contributed by atoms with Crippen LogP contribution in [0.25, 0.3) is 5.69 Å². The third kappa shape index (κ3) is 3.78. The minimum absolute atomic E-state index is 0.00815. The fraction of sp³-hybridized carbons (Fsp3) is 0.211. The summed E-state index contributed by atoms with van der Waals surface area (Å²) in [5.41, 5.74) is -1.31. The molecule has 0 bridgehead atoms. The highest BCUT2D eigenvalue weighted by Crippen LogP contribution is 2.33. The van der Waals surface area contributed by atoms with Crippen LogP contribution in [0.1, 0.15) is 21.7 Å². The topological polar surface area (TPSA) is 69.0 Å². The number of carbonyl (C=O) groups is 1. The van der Waals surface area contributed by atoms with E-state index in [1.165, 1.54) is 0 Å². The standard InChI is InChI=1S/C19H14F4N4O2/c20-12-5-7-13(8-6-12)27-17(19(21,22)23)16(25-26-27)18(28)24-10-14-9-11-3-1-2-4-15(11)29-14/h1-8,14H,9-10H2,(H,24,28). The number of alkyl halides is 3. The molecule has 2 heterocycles. The van der Waals surface area contributed by atoms with Crippen molar-refractivity contribution in [2.75, 3.05) is 6.54 Å². The lowest BCUT2D eigenvalue weighted by Crippen LogP contribution is -2.35. The first-order chi connectivity index (χ1) is 13.8. The second kappa shape index (κ2) is 7.19. The molecule has 0 fully saturated rings. The van der Waals surface area contributed by atoms with Gasteiger partial charge in [0, 0.05) is 6.42 Å². The number of nitrogens with zero attached hydrogens (tertiary/aromatic N) is 3. The Morgan fingerprint density at radius 2 is 1.90 bits per heavy atom. The molecular formula is C19H14F4N4O2. The quantitative estimate of drug-likeness (QED) is 0.676. The molecule has 0 saturated carbocycles. The summed E-state index contributed by atoms with van der Waals surface area (Å²) in [4.78, 5) is 12.4. The molecule has 4 rings (SSSR count). The van der Waals surface area contributed by atoms with Gasteiger partial charge in [-0.3, -0.25) is 4.79 Å². The van der Waals surface area contributed by atoms with Crippen LogP contribution in [-0.4, -0.2) is 33.5 Å². The Morgan fingerprint density at radius 3 is 2.59 bits per heavy atom. The molecule has 1 amide bonds. The van der Waals surface area contributed by atoms with E-state index < -0.39 is 35.4 Å². The lowest BCUT2D eigenvalue weighted by molar-refractivity contribution is -0.143. The lowest BCUT2D eigenvalue weighted by atomic mass is 10.1. The van der Waals surface area contributed by atoms with Crippen molar-refractivity contribution in [1.82, 2.24) is 20.3 Å². The molecule has 10 heteroatoms. The molecule has 1 aromatic heterocycles. The molecule has 1 aliphatic rings. The summed E-state index contributed by atoms with van der Waals surface area (Å²) in [5, 5.41) is 9.28. The molecule has 0 aliphatic carbocycles. The van der Waals surface area contributed by atoms with Gasteiger partial charge in [0.2, 0.25) is 0 Å². The van der Waals surface area contributed by atoms with Crippen LogP contribution in [0.15, 0.2) is 48.5 Å². The van der Waals surface area contributed by atoms with E-state index in [-0.39, 0.29) is 12.2 Å². The number of hydrogen-bond acceptors (Lipinski definition) is 4. The first kappa shape index (κ1) is 18.9. The molecule has 150 valence electrons. The number of halogens is 4. The predicted octanol–water partition coefficient (Wildman–Crippen LogP) is 3.16. The van der Waals surface area contributed by atoms with Crippen molar-refractivity contribution in [1.29, 1.82) is 0 Å². The Balaban J connectivity index is 1.53. The number of amides is 1. The molecule has 0 saturated heterocycles. The summed E-state index contributed by atoms with van der Waals surface area (Å²) in [7, 11) is 0. The molecule has 3 aromatic rings. The zero-order chi connectivity index (χ0) is 20.6. The molecule has 1 unspecified atom stereocenters. The van der Waals surface area contributed by atoms with Gasteiger partial charge in [-0.2, -0.15) is 13.2 Å². The maximum atomic E-state index is 13.6. The number of nitrogens with one attached hydrogen (secondary N) is 1. The summed E-state index contributed by atoms with van der Waals surface area (Å²) in [6, 6.07) is 11.5. The third-order valence-electron chi connectivity index (χ3n) is 4.43. The molecule has 1 aliphatic heterocycles. The monoisotopic (exact) mass is 406 g/mol. The van der Waals surface area contributed by atoms with E-state index in [0.717, 1.165) is 29.8 Å². The summed E-state index contributed by atoms with van der Waals surface area (Å²) >= 11 is 0. The smallest absolute Gasteiger partial charge is 0.435 e. The van der Waals surface area contributed by atoms with Gasteiger partial charge in [-0.25, -0.2) is 9.07 Å². The third-order valence-corrected chi connectivity index (χ3v) is 4.43. The van der Waals surface area contributed by atoms with Crippen molar-refractivity contribution in [3.63, 3.8) is 0 Å². The van der Waals surface area contributed by atoms with Crippen LogP contribution in [-0.2, 0) is 12.6 Å². The molecule has 1 atom stereocenters. The van der Waals surface area contributed by atoms with Gasteiger partial charge in [-0.15, -0.1) is 5.10 Å². The number of rotatable bonds is 4. The zero-order valence-electron chi connectivity index (χ0n) is 14.8. The minimum Gasteiger partial charge on any atom is -0.488 e. The van der Waals surface area contributed by atoms with Crippen molar-refractivity contribution in [3.05, 3.63) is 71.3 Å². The molecule has 6 nitrogen and oxygen atoms in total. The SMILES string of the molecule is O=C(NCC1Cc2ccccc2O1)c1nnn(-c2ccc(F)cc2)c1C(F)(F)F. The first-order valence-electron chi connectivity index (χ1n) is 8.64. The number of benzene rings is 2. The summed E-state index contributed by atoms with van der Waals surface area (Å²) in [6.07, 6.45) is -4.76. The first-order valence-corrected chi connectivity index (χ1v) is 8.64. The van der Waals surface area contributed by atoms with Gasteiger partial charge >= 0.3 is 6.18 Å². The van der Waals surface area contributed by atoms with E-state index in [1.807, 2.05) is 18.2 Å². The normalized spacial score (nSPS) is 15.7. The van der Waals surface area contributed by atoms with Crippen molar-refractivity contribution >= 4 is 5.91 Å². The number of para-hydroxylation sites is 1. The summed E-state index contributed by atoms with van der Waals surface area (Å²) in [5.74, 6) is -0.951. The second-order valence-corrected chi connectivity index (χ2v) is 6.43. The Hall–Kier alpha value is -3.43. The summed E-state index contributed by atoms with van der Waals surface area (Å²) < 4.78 is 60.0. The number of fused-ring (bicyclic) bond motifs is 1. The minimum atomic E-state index is -4.90. The van der Waals surface area contributed by atoms with Gasteiger partial charge < -0.3 is 10.1 Å². The van der Waals surface area contributed by atoms with Gasteiger partial charge in [0.15, 0.2) is 11.4 Å². The average Bonchev–Trinajstić information content (AvgIpc) is 3.30. The van der Waals surface area contributed by atoms with E-state index in [4.69, 9.17) is 4.74 Å². The largest absolute Gasteiger partial charge is 0.488 e. The van der Waals surface area contributed by atoms with Crippen LogP contribution in [0, 0.1) is 5.82 Å². The van der Waals surface area contributed by atoms with Crippen LogP contribution in [0.5, 0.6) is 5.75 Å². The number of ether oxygens (including phenoxy) is 1. The van der Waals surface area contributed by atoms with E-state index in [2.05, 4.69) is 15.6 Å². The van der Waals surface area contributed by atoms with E-state index in [9.17, 15) is 22.4 Å². The zero-order valence-corrected chi connectivity index (χ0v) is 14.8. The Morgan fingerprint density at radius 1 is 1.17 bits per heavy atom. The van der Waals surface area contributed by atoms with Crippen molar-refractivity contribution in [3.8, 4) is 11.4 Å². The highest BCUT2D eigenvalue weighted by atomic mass is 19.4. The van der Waals surface area contributed by atoms with Gasteiger partial charge in [0.05, 0.1) is 12.2 Å². The van der Waals surface area contributed by atoms with Gasteiger partial charge in [-0.1, -0.05) is 23.4 Å². The van der Waals surface area contributed by atoms with Crippen LogP contribution < -0.4 is 10.1 Å². The fourth-order valence-corrected chi connectivity index (χ4v) is 3.11. The molecule has 29 heavy (non-hydrogen) atoms. The van der Waals surface area contributed by atoms with E-state index in [0.29, 0.717) is 16.9 Å². The molecule has 1 N–H and O–H groups in total. The Kier molecular flexibility index (Phi) is 4.69. The predicted molar refractivity (Wildman–Crippen MR) is 93.2 cm³/mol. The second-order valence-electron chi connectivity index (χ2n) is 6.43. The van der Waals surface area contributed by atoms with Crippen LogP contribution in [0.3, 0.4) is 0 Å². The van der Waals surface area contributed by atoms with Crippen molar-refractivity contribution < 1.29 is 27.1 Å². The van der Waals surface area contributed by atoms with Gasteiger partial charge in [0.25, 0.3) is 5.91 Å².